The Morgan fingerprint density at radius 3 is 2.00 bits per heavy atom. The largest absolute Gasteiger partial charge is 0.444 e. The predicted molar refractivity (Wildman–Crippen MR) is 109 cm³/mol. The number of halogens is 3. The maximum Gasteiger partial charge on any atom is 0.417 e. The minimum absolute atomic E-state index is 0.0927. The molecule has 0 atom stereocenters. The maximum atomic E-state index is 13.2. The van der Waals surface area contributed by atoms with Gasteiger partial charge >= 0.3 is 12.3 Å². The van der Waals surface area contributed by atoms with Gasteiger partial charge in [-0.3, -0.25) is 9.59 Å². The van der Waals surface area contributed by atoms with Gasteiger partial charge in [0.15, 0.2) is 0 Å². The highest BCUT2D eigenvalue weighted by molar-refractivity contribution is 6.08. The molecule has 3 amide bonds. The molecule has 166 valence electrons. The van der Waals surface area contributed by atoms with Crippen molar-refractivity contribution in [3.05, 3.63) is 59.7 Å². The number of hydrogen-bond acceptors (Lipinski definition) is 4. The molecule has 0 bridgehead atoms. The highest BCUT2D eigenvalue weighted by Crippen LogP contribution is 2.32. The summed E-state index contributed by atoms with van der Waals surface area (Å²) >= 11 is 0. The zero-order valence-electron chi connectivity index (χ0n) is 17.1. The van der Waals surface area contributed by atoms with Crippen molar-refractivity contribution in [3.63, 3.8) is 0 Å². The lowest BCUT2D eigenvalue weighted by atomic mass is 10.1. The Balaban J connectivity index is 2.09. The Labute approximate surface area is 177 Å². The van der Waals surface area contributed by atoms with Gasteiger partial charge in [0.05, 0.1) is 22.5 Å². The molecule has 3 N–H and O–H groups in total. The van der Waals surface area contributed by atoms with Gasteiger partial charge in [0.25, 0.3) is 5.91 Å². The van der Waals surface area contributed by atoms with Crippen molar-refractivity contribution in [2.24, 2.45) is 0 Å². The number of benzene rings is 2. The van der Waals surface area contributed by atoms with Gasteiger partial charge in [-0.25, -0.2) is 4.79 Å². The van der Waals surface area contributed by atoms with E-state index in [2.05, 4.69) is 16.0 Å². The number of hydrogen-bond donors (Lipinski definition) is 3. The van der Waals surface area contributed by atoms with Gasteiger partial charge in [0, 0.05) is 0 Å². The van der Waals surface area contributed by atoms with Crippen LogP contribution in [-0.4, -0.2) is 30.1 Å². The van der Waals surface area contributed by atoms with Gasteiger partial charge in [0.2, 0.25) is 5.91 Å². The molecule has 0 heterocycles. The van der Waals surface area contributed by atoms with Crippen LogP contribution in [0.4, 0.5) is 29.3 Å². The summed E-state index contributed by atoms with van der Waals surface area (Å²) in [7, 11) is 0. The van der Waals surface area contributed by atoms with Crippen LogP contribution < -0.4 is 16.0 Å². The fraction of sp³-hybridized carbons (Fsp3) is 0.286. The predicted octanol–water partition coefficient (Wildman–Crippen LogP) is 4.42. The van der Waals surface area contributed by atoms with E-state index in [0.717, 1.165) is 12.1 Å². The Morgan fingerprint density at radius 2 is 1.42 bits per heavy atom. The first-order chi connectivity index (χ1) is 14.4. The molecule has 0 saturated carbocycles. The first-order valence-corrected chi connectivity index (χ1v) is 9.20. The number of alkyl carbamates (subject to hydrolysis) is 1. The first kappa shape index (κ1) is 23.7. The van der Waals surface area contributed by atoms with E-state index in [-0.39, 0.29) is 11.4 Å². The van der Waals surface area contributed by atoms with Gasteiger partial charge in [-0.15, -0.1) is 0 Å². The SMILES string of the molecule is CC(C)(C)OC(=O)NCC(=O)Nc1ccccc1NC(=O)c1ccccc1C(F)(F)F. The Kier molecular flexibility index (Phi) is 7.27. The van der Waals surface area contributed by atoms with Crippen LogP contribution in [0, 0.1) is 0 Å². The fourth-order valence-electron chi connectivity index (χ4n) is 2.48. The monoisotopic (exact) mass is 437 g/mol. The highest BCUT2D eigenvalue weighted by atomic mass is 19.4. The molecular formula is C21H22F3N3O4. The van der Waals surface area contributed by atoms with E-state index >= 15 is 0 Å². The number of carbonyl (C=O) groups excluding carboxylic acids is 3. The average molecular weight is 437 g/mol. The van der Waals surface area contributed by atoms with Crippen LogP contribution >= 0.6 is 0 Å². The quantitative estimate of drug-likeness (QED) is 0.645. The van der Waals surface area contributed by atoms with E-state index in [1.54, 1.807) is 32.9 Å². The third kappa shape index (κ3) is 7.32. The molecule has 2 aromatic carbocycles. The molecule has 0 radical (unpaired) electrons. The van der Waals surface area contributed by atoms with Crippen molar-refractivity contribution in [2.75, 3.05) is 17.2 Å². The van der Waals surface area contributed by atoms with E-state index in [9.17, 15) is 27.6 Å². The summed E-state index contributed by atoms with van der Waals surface area (Å²) in [5.41, 5.74) is -2.12. The molecule has 10 heteroatoms. The number of amides is 3. The van der Waals surface area contributed by atoms with Gasteiger partial charge in [-0.2, -0.15) is 13.2 Å². The van der Waals surface area contributed by atoms with Crippen LogP contribution in [0.25, 0.3) is 0 Å². The molecule has 0 unspecified atom stereocenters. The number of nitrogens with one attached hydrogen (secondary N) is 3. The summed E-state index contributed by atoms with van der Waals surface area (Å²) in [6.07, 6.45) is -5.48. The van der Waals surface area contributed by atoms with Crippen LogP contribution in [0.1, 0.15) is 36.7 Å². The normalized spacial score (nSPS) is 11.4. The summed E-state index contributed by atoms with van der Waals surface area (Å²) in [6, 6.07) is 10.4. The van der Waals surface area contributed by atoms with Gasteiger partial charge in [0.1, 0.15) is 12.1 Å². The lowest BCUT2D eigenvalue weighted by Crippen LogP contribution is -2.37. The van der Waals surface area contributed by atoms with Gasteiger partial charge in [-0.1, -0.05) is 24.3 Å². The zero-order valence-corrected chi connectivity index (χ0v) is 17.1. The van der Waals surface area contributed by atoms with Crippen LogP contribution in [0.3, 0.4) is 0 Å². The topological polar surface area (TPSA) is 96.5 Å². The summed E-state index contributed by atoms with van der Waals surface area (Å²) in [4.78, 5) is 36.2. The van der Waals surface area contributed by atoms with E-state index in [1.165, 1.54) is 24.3 Å². The number of para-hydroxylation sites is 2. The van der Waals surface area contributed by atoms with Crippen LogP contribution in [0.2, 0.25) is 0 Å². The number of alkyl halides is 3. The van der Waals surface area contributed by atoms with Crippen LogP contribution in [0.5, 0.6) is 0 Å². The summed E-state index contributed by atoms with van der Waals surface area (Å²) in [5.74, 6) is -1.61. The van der Waals surface area contributed by atoms with Gasteiger partial charge in [-0.05, 0) is 45.0 Å². The minimum atomic E-state index is -4.70. The molecule has 0 spiro atoms. The van der Waals surface area contributed by atoms with Crippen molar-refractivity contribution in [2.45, 2.75) is 32.5 Å². The second kappa shape index (κ2) is 9.50. The van der Waals surface area contributed by atoms with Crippen molar-refractivity contribution in [3.8, 4) is 0 Å². The van der Waals surface area contributed by atoms with Crippen molar-refractivity contribution < 1.29 is 32.3 Å². The summed E-state index contributed by atoms with van der Waals surface area (Å²) < 4.78 is 44.5. The van der Waals surface area contributed by atoms with E-state index in [4.69, 9.17) is 4.74 Å². The molecule has 0 aliphatic carbocycles. The third-order valence-electron chi connectivity index (χ3n) is 3.72. The van der Waals surface area contributed by atoms with Gasteiger partial charge < -0.3 is 20.7 Å². The highest BCUT2D eigenvalue weighted by Gasteiger charge is 2.35. The Morgan fingerprint density at radius 1 is 0.871 bits per heavy atom. The lowest BCUT2D eigenvalue weighted by molar-refractivity contribution is -0.137. The molecule has 0 aliphatic heterocycles. The lowest BCUT2D eigenvalue weighted by Gasteiger charge is -2.19. The molecule has 0 aromatic heterocycles. The fourth-order valence-corrected chi connectivity index (χ4v) is 2.48. The molecular weight excluding hydrogens is 415 g/mol. The van der Waals surface area contributed by atoms with Crippen LogP contribution in [-0.2, 0) is 15.7 Å². The van der Waals surface area contributed by atoms with E-state index in [0.29, 0.717) is 0 Å². The smallest absolute Gasteiger partial charge is 0.417 e. The van der Waals surface area contributed by atoms with Crippen molar-refractivity contribution in [1.82, 2.24) is 5.32 Å². The molecule has 7 nitrogen and oxygen atoms in total. The first-order valence-electron chi connectivity index (χ1n) is 9.20. The molecule has 2 aromatic rings. The Bertz CT molecular complexity index is 969. The van der Waals surface area contributed by atoms with E-state index < -0.39 is 47.4 Å². The average Bonchev–Trinajstić information content (AvgIpc) is 2.66. The standard InChI is InChI=1S/C21H22F3N3O4/c1-20(2,3)31-19(30)25-12-17(28)26-15-10-6-7-11-16(15)27-18(29)13-8-4-5-9-14(13)21(22,23)24/h4-11H,12H2,1-3H3,(H,25,30)(H,26,28)(H,27,29). The molecule has 0 aliphatic rings. The van der Waals surface area contributed by atoms with Crippen molar-refractivity contribution >= 4 is 29.3 Å². The summed E-state index contributed by atoms with van der Waals surface area (Å²) in [5, 5.41) is 7.14. The van der Waals surface area contributed by atoms with Crippen LogP contribution in [0.15, 0.2) is 48.5 Å². The third-order valence-corrected chi connectivity index (χ3v) is 3.72. The number of ether oxygens (including phenoxy) is 1. The van der Waals surface area contributed by atoms with Crippen molar-refractivity contribution in [1.29, 1.82) is 0 Å². The molecule has 0 fully saturated rings. The molecule has 0 saturated heterocycles. The van der Waals surface area contributed by atoms with E-state index in [1.807, 2.05) is 0 Å². The number of anilines is 2. The second-order valence-electron chi connectivity index (χ2n) is 7.45. The summed E-state index contributed by atoms with van der Waals surface area (Å²) in [6.45, 7) is 4.60. The maximum absolute atomic E-state index is 13.2. The molecule has 2 rings (SSSR count). The second-order valence-corrected chi connectivity index (χ2v) is 7.45. The number of rotatable bonds is 5. The number of carbonyl (C=O) groups is 3. The zero-order chi connectivity index (χ0) is 23.2. The molecule has 31 heavy (non-hydrogen) atoms. The minimum Gasteiger partial charge on any atom is -0.444 e. The Hall–Kier alpha value is -3.56.